The summed E-state index contributed by atoms with van der Waals surface area (Å²) in [5, 5.41) is 0. The van der Waals surface area contributed by atoms with Gasteiger partial charge in [-0.3, -0.25) is 0 Å². The lowest BCUT2D eigenvalue weighted by molar-refractivity contribution is -0.00199. The molecule has 0 saturated carbocycles. The quantitative estimate of drug-likeness (QED) is 0.652. The lowest BCUT2D eigenvalue weighted by atomic mass is 10.1. The van der Waals surface area contributed by atoms with Crippen molar-refractivity contribution in [1.82, 2.24) is 0 Å². The van der Waals surface area contributed by atoms with E-state index in [4.69, 9.17) is 4.74 Å². The normalized spacial score (nSPS) is 18.4. The second kappa shape index (κ2) is 2.69. The van der Waals surface area contributed by atoms with Gasteiger partial charge in [0.1, 0.15) is 5.75 Å². The number of hydrogen-bond acceptors (Lipinski definition) is 1. The van der Waals surface area contributed by atoms with Crippen LogP contribution in [0.1, 0.15) is 17.5 Å². The highest BCUT2D eigenvalue weighted by Gasteiger charge is 2.39. The fourth-order valence-electron chi connectivity index (χ4n) is 1.67. The van der Waals surface area contributed by atoms with E-state index < -0.39 is 5.92 Å². The van der Waals surface area contributed by atoms with E-state index >= 15 is 0 Å². The Labute approximate surface area is 75.3 Å². The van der Waals surface area contributed by atoms with Crippen molar-refractivity contribution in [2.24, 2.45) is 0 Å². The number of benzene rings is 1. The van der Waals surface area contributed by atoms with Crippen LogP contribution in [0.3, 0.4) is 0 Å². The lowest BCUT2D eigenvalue weighted by Crippen LogP contribution is -2.07. The molecule has 0 heterocycles. The Morgan fingerprint density at radius 1 is 1.38 bits per heavy atom. The third-order valence-electron chi connectivity index (χ3n) is 2.42. The minimum atomic E-state index is -2.66. The highest BCUT2D eigenvalue weighted by Crippen LogP contribution is 2.42. The van der Waals surface area contributed by atoms with Crippen molar-refractivity contribution < 1.29 is 13.5 Å². The third kappa shape index (κ3) is 1.28. The van der Waals surface area contributed by atoms with Crippen LogP contribution in [0, 0.1) is 0 Å². The first-order valence-corrected chi connectivity index (χ1v) is 4.19. The van der Waals surface area contributed by atoms with Gasteiger partial charge in [-0.2, -0.15) is 0 Å². The maximum Gasteiger partial charge on any atom is 0.273 e. The van der Waals surface area contributed by atoms with Crippen molar-refractivity contribution in [1.29, 1.82) is 0 Å². The van der Waals surface area contributed by atoms with E-state index in [2.05, 4.69) is 0 Å². The van der Waals surface area contributed by atoms with Crippen molar-refractivity contribution in [3.05, 3.63) is 29.3 Å². The number of rotatable bonds is 1. The molecule has 0 unspecified atom stereocenters. The molecule has 0 amide bonds. The molecular formula is C10H10F2O. The van der Waals surface area contributed by atoms with E-state index in [9.17, 15) is 8.78 Å². The molecule has 2 rings (SSSR count). The highest BCUT2D eigenvalue weighted by molar-refractivity contribution is 5.41. The molecule has 1 aliphatic carbocycles. The number of methoxy groups -OCH3 is 1. The molecule has 1 aromatic rings. The zero-order valence-electron chi connectivity index (χ0n) is 7.31. The topological polar surface area (TPSA) is 9.23 Å². The summed E-state index contributed by atoms with van der Waals surface area (Å²) in [6.45, 7) is 0. The Hall–Kier alpha value is -1.12. The predicted octanol–water partition coefficient (Wildman–Crippen LogP) is 2.73. The molecular weight excluding hydrogens is 174 g/mol. The first-order chi connectivity index (χ1) is 6.13. The van der Waals surface area contributed by atoms with Crippen LogP contribution in [0.4, 0.5) is 8.78 Å². The zero-order valence-corrected chi connectivity index (χ0v) is 7.31. The van der Waals surface area contributed by atoms with Crippen LogP contribution in [0.15, 0.2) is 18.2 Å². The van der Waals surface area contributed by atoms with Crippen LogP contribution in [0.25, 0.3) is 0 Å². The third-order valence-corrected chi connectivity index (χ3v) is 2.42. The van der Waals surface area contributed by atoms with Crippen molar-refractivity contribution in [2.45, 2.75) is 18.8 Å². The number of alkyl halides is 2. The molecule has 0 bridgehead atoms. The SMILES string of the molecule is COc1ccc2c(c1)C(F)(F)CC2. The smallest absolute Gasteiger partial charge is 0.273 e. The summed E-state index contributed by atoms with van der Waals surface area (Å²) in [6, 6.07) is 4.87. The summed E-state index contributed by atoms with van der Waals surface area (Å²) in [7, 11) is 1.48. The van der Waals surface area contributed by atoms with Crippen LogP contribution in [-0.2, 0) is 12.3 Å². The van der Waals surface area contributed by atoms with Crippen molar-refractivity contribution in [3.63, 3.8) is 0 Å². The summed E-state index contributed by atoms with van der Waals surface area (Å²) in [4.78, 5) is 0. The number of fused-ring (bicyclic) bond motifs is 1. The monoisotopic (exact) mass is 184 g/mol. The molecule has 0 aromatic heterocycles. The van der Waals surface area contributed by atoms with E-state index in [1.54, 1.807) is 12.1 Å². The van der Waals surface area contributed by atoms with Gasteiger partial charge in [-0.25, -0.2) is 8.78 Å². The predicted molar refractivity (Wildman–Crippen MR) is 45.2 cm³/mol. The molecule has 3 heteroatoms. The fraction of sp³-hybridized carbons (Fsp3) is 0.400. The van der Waals surface area contributed by atoms with E-state index in [1.165, 1.54) is 13.2 Å². The molecule has 1 aliphatic rings. The summed E-state index contributed by atoms with van der Waals surface area (Å²) in [5.41, 5.74) is 0.873. The summed E-state index contributed by atoms with van der Waals surface area (Å²) in [5.74, 6) is -2.16. The van der Waals surface area contributed by atoms with Gasteiger partial charge >= 0.3 is 0 Å². The molecule has 0 saturated heterocycles. The molecule has 1 aromatic carbocycles. The molecule has 0 N–H and O–H groups in total. The Kier molecular flexibility index (Phi) is 1.75. The second-order valence-corrected chi connectivity index (χ2v) is 3.23. The van der Waals surface area contributed by atoms with Crippen LogP contribution in [0.5, 0.6) is 5.75 Å². The van der Waals surface area contributed by atoms with Crippen molar-refractivity contribution in [2.75, 3.05) is 7.11 Å². The molecule has 0 atom stereocenters. The maximum absolute atomic E-state index is 13.2. The Bertz CT molecular complexity index is 334. The minimum Gasteiger partial charge on any atom is -0.497 e. The van der Waals surface area contributed by atoms with Crippen LogP contribution < -0.4 is 4.74 Å². The van der Waals surface area contributed by atoms with Gasteiger partial charge in [0.2, 0.25) is 0 Å². The summed E-state index contributed by atoms with van der Waals surface area (Å²) in [6.07, 6.45) is 0.391. The molecule has 0 radical (unpaired) electrons. The van der Waals surface area contributed by atoms with E-state index in [1.807, 2.05) is 0 Å². The van der Waals surface area contributed by atoms with Crippen molar-refractivity contribution in [3.8, 4) is 5.75 Å². The van der Waals surface area contributed by atoms with Crippen LogP contribution in [0.2, 0.25) is 0 Å². The largest absolute Gasteiger partial charge is 0.497 e. The Morgan fingerprint density at radius 2 is 2.15 bits per heavy atom. The van der Waals surface area contributed by atoms with Gasteiger partial charge in [0.15, 0.2) is 0 Å². The molecule has 0 spiro atoms. The molecule has 0 aliphatic heterocycles. The van der Waals surface area contributed by atoms with Crippen LogP contribution in [-0.4, -0.2) is 7.11 Å². The summed E-state index contributed by atoms with van der Waals surface area (Å²) < 4.78 is 31.3. The van der Waals surface area contributed by atoms with Crippen molar-refractivity contribution >= 4 is 0 Å². The lowest BCUT2D eigenvalue weighted by Gasteiger charge is -2.10. The average molecular weight is 184 g/mol. The number of ether oxygens (including phenoxy) is 1. The first kappa shape index (κ1) is 8.48. The first-order valence-electron chi connectivity index (χ1n) is 4.19. The molecule has 13 heavy (non-hydrogen) atoms. The fourth-order valence-corrected chi connectivity index (χ4v) is 1.67. The van der Waals surface area contributed by atoms with Gasteiger partial charge in [0.05, 0.1) is 7.11 Å². The van der Waals surface area contributed by atoms with Crippen LogP contribution >= 0.6 is 0 Å². The zero-order chi connectivity index (χ0) is 9.47. The van der Waals surface area contributed by atoms with Gasteiger partial charge in [-0.05, 0) is 24.1 Å². The van der Waals surface area contributed by atoms with Gasteiger partial charge in [0.25, 0.3) is 5.92 Å². The van der Waals surface area contributed by atoms with E-state index in [-0.39, 0.29) is 12.0 Å². The number of halogens is 2. The number of hydrogen-bond donors (Lipinski definition) is 0. The molecule has 1 nitrogen and oxygen atoms in total. The number of aryl methyl sites for hydroxylation is 1. The maximum atomic E-state index is 13.2. The molecule has 0 fully saturated rings. The minimum absolute atomic E-state index is 0.0739. The van der Waals surface area contributed by atoms with E-state index in [0.29, 0.717) is 12.2 Å². The molecule has 70 valence electrons. The van der Waals surface area contributed by atoms with Gasteiger partial charge in [0, 0.05) is 12.0 Å². The average Bonchev–Trinajstić information content (AvgIpc) is 2.42. The second-order valence-electron chi connectivity index (χ2n) is 3.23. The Morgan fingerprint density at radius 3 is 2.85 bits per heavy atom. The Balaban J connectivity index is 2.50. The van der Waals surface area contributed by atoms with Gasteiger partial charge in [-0.15, -0.1) is 0 Å². The van der Waals surface area contributed by atoms with Gasteiger partial charge < -0.3 is 4.74 Å². The summed E-state index contributed by atoms with van der Waals surface area (Å²) >= 11 is 0. The standard InChI is InChI=1S/C10H10F2O/c1-13-8-3-2-7-4-5-10(11,12)9(7)6-8/h2-3,6H,4-5H2,1H3. The highest BCUT2D eigenvalue weighted by atomic mass is 19.3. The van der Waals surface area contributed by atoms with E-state index in [0.717, 1.165) is 5.56 Å². The van der Waals surface area contributed by atoms with Gasteiger partial charge in [-0.1, -0.05) is 6.07 Å².